The van der Waals surface area contributed by atoms with E-state index >= 15 is 0 Å². The van der Waals surface area contributed by atoms with Crippen molar-refractivity contribution in [2.75, 3.05) is 6.54 Å². The van der Waals surface area contributed by atoms with Gasteiger partial charge < -0.3 is 10.6 Å². The van der Waals surface area contributed by atoms with Crippen molar-refractivity contribution in [3.05, 3.63) is 51.9 Å². The van der Waals surface area contributed by atoms with Crippen molar-refractivity contribution in [3.63, 3.8) is 0 Å². The smallest absolute Gasteiger partial charge is 0.257 e. The zero-order valence-corrected chi connectivity index (χ0v) is 19.6. The number of amides is 1. The number of ketones is 1. The second-order valence-corrected chi connectivity index (χ2v) is 7.93. The predicted molar refractivity (Wildman–Crippen MR) is 124 cm³/mol. The van der Waals surface area contributed by atoms with Crippen LogP contribution in [0.4, 0.5) is 0 Å². The Morgan fingerprint density at radius 2 is 1.87 bits per heavy atom. The number of carbonyl (C=O) groups is 2. The van der Waals surface area contributed by atoms with Gasteiger partial charge in [0.05, 0.1) is 24.0 Å². The first kappa shape index (κ1) is 25.5. The number of aromatic nitrogens is 2. The Bertz CT molecular complexity index is 829. The molecule has 6 nitrogen and oxygen atoms in total. The SMILES string of the molecule is CC(=O)c1csc2c1CCN(C(=O)/C(=C/N)c1cnccn1)C2.CCC.CCCC. The van der Waals surface area contributed by atoms with E-state index in [2.05, 4.69) is 37.7 Å². The van der Waals surface area contributed by atoms with E-state index in [-0.39, 0.29) is 11.7 Å². The fourth-order valence-corrected chi connectivity index (χ4v) is 3.83. The van der Waals surface area contributed by atoms with Crippen molar-refractivity contribution in [2.45, 2.75) is 66.8 Å². The lowest BCUT2D eigenvalue weighted by Crippen LogP contribution is -2.36. The molecule has 164 valence electrons. The molecule has 30 heavy (non-hydrogen) atoms. The van der Waals surface area contributed by atoms with Gasteiger partial charge in [0.2, 0.25) is 0 Å². The van der Waals surface area contributed by atoms with E-state index in [9.17, 15) is 9.59 Å². The van der Waals surface area contributed by atoms with E-state index in [1.54, 1.807) is 18.0 Å². The van der Waals surface area contributed by atoms with E-state index in [1.165, 1.54) is 49.2 Å². The van der Waals surface area contributed by atoms with Crippen LogP contribution in [0.25, 0.3) is 5.57 Å². The van der Waals surface area contributed by atoms with Crippen LogP contribution in [0.2, 0.25) is 0 Å². The Balaban J connectivity index is 0.000000564. The lowest BCUT2D eigenvalue weighted by Gasteiger charge is -2.28. The predicted octanol–water partition coefficient (Wildman–Crippen LogP) is 4.85. The molecule has 0 atom stereocenters. The molecular formula is C23H34N4O2S. The van der Waals surface area contributed by atoms with Crippen LogP contribution in [-0.2, 0) is 17.8 Å². The maximum Gasteiger partial charge on any atom is 0.257 e. The van der Waals surface area contributed by atoms with Gasteiger partial charge in [0.1, 0.15) is 0 Å². The van der Waals surface area contributed by atoms with Crippen LogP contribution < -0.4 is 5.73 Å². The highest BCUT2D eigenvalue weighted by atomic mass is 32.1. The fraction of sp³-hybridized carbons (Fsp3) is 0.478. The number of hydrogen-bond acceptors (Lipinski definition) is 6. The van der Waals surface area contributed by atoms with E-state index in [0.717, 1.165) is 16.0 Å². The highest BCUT2D eigenvalue weighted by molar-refractivity contribution is 7.10. The van der Waals surface area contributed by atoms with Crippen LogP contribution in [0.5, 0.6) is 0 Å². The number of carbonyl (C=O) groups excluding carboxylic acids is 2. The van der Waals surface area contributed by atoms with Crippen molar-refractivity contribution < 1.29 is 9.59 Å². The van der Waals surface area contributed by atoms with Gasteiger partial charge in [0.15, 0.2) is 5.78 Å². The van der Waals surface area contributed by atoms with Crippen LogP contribution in [-0.4, -0.2) is 33.1 Å². The third-order valence-corrected chi connectivity index (χ3v) is 5.36. The van der Waals surface area contributed by atoms with E-state index in [4.69, 9.17) is 5.73 Å². The summed E-state index contributed by atoms with van der Waals surface area (Å²) in [7, 11) is 0. The largest absolute Gasteiger partial charge is 0.404 e. The standard InChI is InChI=1S/C16H16N4O2S.C4H10.C3H8/c1-10(21)13-9-23-15-8-20(5-2-11(13)15)16(22)12(6-17)14-7-18-3-4-19-14;1-3-4-2;1-3-2/h3-4,6-7,9H,2,5,8,17H2,1H3;3-4H2,1-2H3;3H2,1-2H3/b12-6+;;. The quantitative estimate of drug-likeness (QED) is 0.553. The number of unbranched alkanes of at least 4 members (excludes halogenated alkanes) is 1. The Morgan fingerprint density at radius 1 is 1.20 bits per heavy atom. The molecule has 0 bridgehead atoms. The zero-order chi connectivity index (χ0) is 22.5. The summed E-state index contributed by atoms with van der Waals surface area (Å²) in [5, 5.41) is 1.88. The molecule has 0 fully saturated rings. The molecule has 3 heterocycles. The van der Waals surface area contributed by atoms with Gasteiger partial charge in [0.25, 0.3) is 5.91 Å². The summed E-state index contributed by atoms with van der Waals surface area (Å²) in [6.07, 6.45) is 10.4. The fourth-order valence-electron chi connectivity index (χ4n) is 2.67. The van der Waals surface area contributed by atoms with Crippen molar-refractivity contribution in [1.29, 1.82) is 0 Å². The summed E-state index contributed by atoms with van der Waals surface area (Å²) >= 11 is 1.52. The topological polar surface area (TPSA) is 89.2 Å². The first-order chi connectivity index (χ1) is 14.4. The third kappa shape index (κ3) is 7.06. The molecule has 0 saturated heterocycles. The Hall–Kier alpha value is -2.54. The molecule has 1 amide bonds. The summed E-state index contributed by atoms with van der Waals surface area (Å²) in [5.41, 5.74) is 8.28. The summed E-state index contributed by atoms with van der Waals surface area (Å²) in [6.45, 7) is 11.2. The highest BCUT2D eigenvalue weighted by Gasteiger charge is 2.27. The molecule has 1 aliphatic heterocycles. The van der Waals surface area contributed by atoms with Crippen molar-refractivity contribution in [1.82, 2.24) is 14.9 Å². The van der Waals surface area contributed by atoms with Gasteiger partial charge in [-0.05, 0) is 18.9 Å². The van der Waals surface area contributed by atoms with Gasteiger partial charge in [-0.25, -0.2) is 0 Å². The third-order valence-electron chi connectivity index (χ3n) is 4.35. The minimum absolute atomic E-state index is 0.0735. The minimum Gasteiger partial charge on any atom is -0.404 e. The molecule has 2 N–H and O–H groups in total. The molecular weight excluding hydrogens is 396 g/mol. The first-order valence-corrected chi connectivity index (χ1v) is 11.4. The minimum atomic E-state index is -0.170. The molecule has 0 aliphatic carbocycles. The van der Waals surface area contributed by atoms with Crippen molar-refractivity contribution >= 4 is 28.6 Å². The normalized spacial score (nSPS) is 12.7. The van der Waals surface area contributed by atoms with E-state index in [0.29, 0.717) is 30.8 Å². The molecule has 0 radical (unpaired) electrons. The maximum absolute atomic E-state index is 12.7. The Morgan fingerprint density at radius 3 is 2.37 bits per heavy atom. The van der Waals surface area contributed by atoms with E-state index < -0.39 is 0 Å². The summed E-state index contributed by atoms with van der Waals surface area (Å²) in [5.74, 6) is -0.0965. The Kier molecular flexibility index (Phi) is 11.6. The number of thiophene rings is 1. The molecule has 0 spiro atoms. The van der Waals surface area contributed by atoms with Crippen LogP contribution in [0.1, 0.15) is 80.4 Å². The van der Waals surface area contributed by atoms with Crippen molar-refractivity contribution in [2.24, 2.45) is 5.73 Å². The van der Waals surface area contributed by atoms with Gasteiger partial charge >= 0.3 is 0 Å². The number of Topliss-reactive ketones (excluding diaryl/α,β-unsaturated/α-hetero) is 1. The van der Waals surface area contributed by atoms with E-state index in [1.807, 2.05) is 5.38 Å². The lowest BCUT2D eigenvalue weighted by atomic mass is 10.0. The number of nitrogens with two attached hydrogens (primary N) is 1. The number of rotatable bonds is 4. The molecule has 7 heteroatoms. The summed E-state index contributed by atoms with van der Waals surface area (Å²) in [4.78, 5) is 35.3. The molecule has 0 saturated carbocycles. The maximum atomic E-state index is 12.7. The van der Waals surface area contributed by atoms with Gasteiger partial charge in [0, 0.05) is 41.0 Å². The summed E-state index contributed by atoms with van der Waals surface area (Å²) < 4.78 is 0. The van der Waals surface area contributed by atoms with Crippen molar-refractivity contribution in [3.8, 4) is 0 Å². The molecule has 0 aromatic carbocycles. The number of fused-ring (bicyclic) bond motifs is 1. The molecule has 1 aliphatic rings. The van der Waals surface area contributed by atoms with Gasteiger partial charge in [-0.3, -0.25) is 19.6 Å². The summed E-state index contributed by atoms with van der Waals surface area (Å²) in [6, 6.07) is 0. The lowest BCUT2D eigenvalue weighted by molar-refractivity contribution is -0.125. The van der Waals surface area contributed by atoms with Crippen LogP contribution in [0, 0.1) is 0 Å². The highest BCUT2D eigenvalue weighted by Crippen LogP contribution is 2.30. The van der Waals surface area contributed by atoms with Gasteiger partial charge in [-0.2, -0.15) is 0 Å². The molecule has 2 aromatic heterocycles. The average molecular weight is 431 g/mol. The second-order valence-electron chi connectivity index (χ2n) is 6.96. The first-order valence-electron chi connectivity index (χ1n) is 10.5. The number of nitrogens with zero attached hydrogens (tertiary/aromatic N) is 3. The van der Waals surface area contributed by atoms with Crippen LogP contribution in [0.3, 0.4) is 0 Å². The molecule has 2 aromatic rings. The molecule has 3 rings (SSSR count). The number of hydrogen-bond donors (Lipinski definition) is 1. The second kappa shape index (κ2) is 13.6. The zero-order valence-electron chi connectivity index (χ0n) is 18.8. The average Bonchev–Trinajstić information content (AvgIpc) is 3.19. The van der Waals surface area contributed by atoms with Gasteiger partial charge in [-0.1, -0.05) is 47.0 Å². The Labute approximate surface area is 184 Å². The van der Waals surface area contributed by atoms with Gasteiger partial charge in [-0.15, -0.1) is 11.3 Å². The van der Waals surface area contributed by atoms with Crippen LogP contribution in [0.15, 0.2) is 30.2 Å². The van der Waals surface area contributed by atoms with Crippen LogP contribution >= 0.6 is 11.3 Å². The monoisotopic (exact) mass is 430 g/mol. The molecule has 0 unspecified atom stereocenters.